The molecule has 6 nitrogen and oxygen atoms in total. The van der Waals surface area contributed by atoms with Gasteiger partial charge in [-0.15, -0.1) is 0 Å². The summed E-state index contributed by atoms with van der Waals surface area (Å²) < 4.78 is 54.9. The fraction of sp³-hybridized carbons (Fsp3) is 0.0968. The Kier molecular flexibility index (Phi) is 7.44. The third kappa shape index (κ3) is 5.27. The maximum absolute atomic E-state index is 14.5. The molecule has 0 aliphatic carbocycles. The molecular weight excluding hydrogens is 517 g/mol. The lowest BCUT2D eigenvalue weighted by atomic mass is 9.75. The highest BCUT2D eigenvalue weighted by atomic mass is 19.4. The van der Waals surface area contributed by atoms with E-state index >= 15 is 0 Å². The van der Waals surface area contributed by atoms with E-state index in [0.29, 0.717) is 0 Å². The minimum atomic E-state index is -4.65. The molecule has 0 radical (unpaired) electrons. The van der Waals surface area contributed by atoms with Crippen LogP contribution in [0.4, 0.5) is 24.5 Å². The minimum Gasteiger partial charge on any atom is -0.459 e. The van der Waals surface area contributed by atoms with E-state index in [1.807, 2.05) is 12.1 Å². The Morgan fingerprint density at radius 2 is 1.07 bits per heavy atom. The van der Waals surface area contributed by atoms with Crippen molar-refractivity contribution in [3.05, 3.63) is 130 Å². The van der Waals surface area contributed by atoms with Crippen LogP contribution in [0.5, 0.6) is 23.0 Å². The summed E-state index contributed by atoms with van der Waals surface area (Å²) in [5.41, 5.74) is -1.78. The molecule has 0 bridgehead atoms. The predicted octanol–water partition coefficient (Wildman–Crippen LogP) is 8.98. The van der Waals surface area contributed by atoms with Gasteiger partial charge in [0.15, 0.2) is 11.4 Å². The van der Waals surface area contributed by atoms with Gasteiger partial charge in [-0.3, -0.25) is 4.85 Å². The summed E-state index contributed by atoms with van der Waals surface area (Å²) in [6.45, 7) is 15.4. The Morgan fingerprint density at radius 3 is 1.52 bits per heavy atom. The van der Waals surface area contributed by atoms with Crippen molar-refractivity contribution < 1.29 is 22.6 Å². The second-order valence-electron chi connectivity index (χ2n) is 8.68. The van der Waals surface area contributed by atoms with Crippen LogP contribution in [-0.4, -0.2) is 6.18 Å². The second kappa shape index (κ2) is 10.9. The molecule has 194 valence electrons. The van der Waals surface area contributed by atoms with Gasteiger partial charge in [0.05, 0.1) is 24.3 Å². The summed E-state index contributed by atoms with van der Waals surface area (Å²) in [7, 11) is 0. The van der Waals surface area contributed by atoms with E-state index in [1.165, 1.54) is 84.9 Å². The molecular formula is C31H17F3N4O2. The van der Waals surface area contributed by atoms with Crippen molar-refractivity contribution in [2.75, 3.05) is 0 Å². The van der Waals surface area contributed by atoms with Gasteiger partial charge >= 0.3 is 6.18 Å². The van der Waals surface area contributed by atoms with Gasteiger partial charge in [0.2, 0.25) is 0 Å². The zero-order chi connectivity index (χ0) is 28.9. The number of hydrogen-bond acceptors (Lipinski definition) is 4. The molecule has 0 saturated heterocycles. The number of nitrogens with zero attached hydrogens (tertiary/aromatic N) is 4. The van der Waals surface area contributed by atoms with Crippen LogP contribution in [0.3, 0.4) is 0 Å². The Labute approximate surface area is 228 Å². The molecule has 0 aliphatic rings. The molecule has 0 N–H and O–H groups in total. The summed E-state index contributed by atoms with van der Waals surface area (Å²) in [6.07, 6.45) is -4.65. The number of rotatable bonds is 6. The molecule has 0 spiro atoms. The highest BCUT2D eigenvalue weighted by Crippen LogP contribution is 2.47. The molecule has 0 fully saturated rings. The zero-order valence-corrected chi connectivity index (χ0v) is 20.8. The van der Waals surface area contributed by atoms with Gasteiger partial charge in [0, 0.05) is 0 Å². The normalized spacial score (nSPS) is 12.1. The van der Waals surface area contributed by atoms with Gasteiger partial charge in [-0.25, -0.2) is 4.85 Å². The van der Waals surface area contributed by atoms with E-state index in [-0.39, 0.29) is 56.6 Å². The van der Waals surface area contributed by atoms with E-state index in [0.717, 1.165) is 6.92 Å². The molecule has 0 saturated carbocycles. The molecule has 9 heteroatoms. The molecule has 0 aliphatic heterocycles. The molecule has 4 rings (SSSR count). The molecule has 4 aromatic carbocycles. The first-order valence-electron chi connectivity index (χ1n) is 11.6. The Morgan fingerprint density at radius 1 is 0.625 bits per heavy atom. The van der Waals surface area contributed by atoms with Crippen LogP contribution in [0, 0.1) is 35.8 Å². The van der Waals surface area contributed by atoms with E-state index < -0.39 is 11.6 Å². The van der Waals surface area contributed by atoms with Crippen LogP contribution in [0.1, 0.15) is 29.2 Å². The molecule has 0 heterocycles. The predicted molar refractivity (Wildman–Crippen MR) is 140 cm³/mol. The van der Waals surface area contributed by atoms with Crippen LogP contribution in [0.2, 0.25) is 0 Å². The summed E-state index contributed by atoms with van der Waals surface area (Å²) in [6, 6.07) is 23.4. The smallest absolute Gasteiger partial charge is 0.402 e. The van der Waals surface area contributed by atoms with Gasteiger partial charge in [0.1, 0.15) is 40.6 Å². The topological polar surface area (TPSA) is 74.8 Å². The summed E-state index contributed by atoms with van der Waals surface area (Å²) >= 11 is 0. The average molecular weight is 534 g/mol. The fourth-order valence-corrected chi connectivity index (χ4v) is 4.01. The lowest BCUT2D eigenvalue weighted by Gasteiger charge is -2.33. The third-order valence-electron chi connectivity index (χ3n) is 6.32. The third-order valence-corrected chi connectivity index (χ3v) is 6.32. The number of benzene rings is 4. The number of halogens is 3. The van der Waals surface area contributed by atoms with Crippen LogP contribution >= 0.6 is 0 Å². The van der Waals surface area contributed by atoms with Crippen molar-refractivity contribution in [1.82, 2.24) is 0 Å². The van der Waals surface area contributed by atoms with Crippen LogP contribution in [0.15, 0.2) is 84.9 Å². The largest absolute Gasteiger partial charge is 0.459 e. The number of alkyl halides is 3. The first kappa shape index (κ1) is 27.3. The summed E-state index contributed by atoms with van der Waals surface area (Å²) in [5, 5.41) is 18.2. The van der Waals surface area contributed by atoms with E-state index in [4.69, 9.17) is 27.9 Å². The zero-order valence-electron chi connectivity index (χ0n) is 20.8. The highest BCUT2D eigenvalue weighted by molar-refractivity contribution is 5.72. The molecule has 4 aromatic rings. The van der Waals surface area contributed by atoms with Crippen molar-refractivity contribution in [3.63, 3.8) is 0 Å². The standard InChI is InChI=1S/C31H17F3N4O2/c1-30(31(32,33)34,22-5-10-24(11-6-22)39-26-9-4-20(18-35)21(16-26)19-36)23-7-12-25(13-8-23)40-27-14-15-28(37-2)29(17-27)38-3/h4-17H,1H3. The lowest BCUT2D eigenvalue weighted by Crippen LogP contribution is -2.40. The maximum atomic E-state index is 14.5. The lowest BCUT2D eigenvalue weighted by molar-refractivity contribution is -0.173. The first-order chi connectivity index (χ1) is 19.1. The van der Waals surface area contributed by atoms with E-state index in [9.17, 15) is 18.4 Å². The van der Waals surface area contributed by atoms with Crippen LogP contribution < -0.4 is 9.47 Å². The molecule has 0 amide bonds. The maximum Gasteiger partial charge on any atom is 0.402 e. The highest BCUT2D eigenvalue weighted by Gasteiger charge is 2.53. The van der Waals surface area contributed by atoms with Crippen LogP contribution in [-0.2, 0) is 5.41 Å². The molecule has 1 atom stereocenters. The van der Waals surface area contributed by atoms with Gasteiger partial charge in [-0.05, 0) is 72.6 Å². The van der Waals surface area contributed by atoms with Crippen molar-refractivity contribution in [2.45, 2.75) is 18.5 Å². The number of hydrogen-bond donors (Lipinski definition) is 0. The number of ether oxygens (including phenoxy) is 2. The van der Waals surface area contributed by atoms with Crippen molar-refractivity contribution in [1.29, 1.82) is 10.5 Å². The quantitative estimate of drug-likeness (QED) is 0.231. The molecule has 40 heavy (non-hydrogen) atoms. The second-order valence-corrected chi connectivity index (χ2v) is 8.68. The van der Waals surface area contributed by atoms with Crippen molar-refractivity contribution >= 4 is 11.4 Å². The molecule has 1 unspecified atom stereocenters. The monoisotopic (exact) mass is 534 g/mol. The van der Waals surface area contributed by atoms with E-state index in [2.05, 4.69) is 9.69 Å². The summed E-state index contributed by atoms with van der Waals surface area (Å²) in [5.74, 6) is 1.07. The average Bonchev–Trinajstić information content (AvgIpc) is 2.96. The van der Waals surface area contributed by atoms with Crippen molar-refractivity contribution in [2.24, 2.45) is 0 Å². The van der Waals surface area contributed by atoms with E-state index in [1.54, 1.807) is 0 Å². The molecule has 0 aromatic heterocycles. The van der Waals surface area contributed by atoms with Gasteiger partial charge in [-0.2, -0.15) is 23.7 Å². The Bertz CT molecular complexity index is 1610. The SMILES string of the molecule is [C-]#[N+]c1ccc(Oc2ccc(C(C)(c3ccc(Oc4ccc(C#N)c(C#N)c4)cc3)C(F)(F)F)cc2)cc1[N+]#[C-]. The summed E-state index contributed by atoms with van der Waals surface area (Å²) in [4.78, 5) is 6.56. The van der Waals surface area contributed by atoms with Gasteiger partial charge < -0.3 is 9.47 Å². The van der Waals surface area contributed by atoms with Gasteiger partial charge in [0.25, 0.3) is 0 Å². The number of nitriles is 2. The van der Waals surface area contributed by atoms with Crippen molar-refractivity contribution in [3.8, 4) is 35.1 Å². The minimum absolute atomic E-state index is 0.0167. The fourth-order valence-electron chi connectivity index (χ4n) is 4.01. The van der Waals surface area contributed by atoms with Crippen LogP contribution in [0.25, 0.3) is 9.69 Å². The Hall–Kier alpha value is -5.77. The van der Waals surface area contributed by atoms with Gasteiger partial charge in [-0.1, -0.05) is 30.3 Å². The first-order valence-corrected chi connectivity index (χ1v) is 11.6. The Balaban J connectivity index is 1.59.